The van der Waals surface area contributed by atoms with E-state index in [2.05, 4.69) is 15.6 Å². The van der Waals surface area contributed by atoms with Crippen LogP contribution in [0.3, 0.4) is 0 Å². The quantitative estimate of drug-likeness (QED) is 0.484. The molecule has 1 heterocycles. The second-order valence-corrected chi connectivity index (χ2v) is 8.26. The van der Waals surface area contributed by atoms with Crippen LogP contribution in [0.4, 0.5) is 4.79 Å². The van der Waals surface area contributed by atoms with Gasteiger partial charge in [-0.15, -0.1) is 0 Å². The van der Waals surface area contributed by atoms with Crippen molar-refractivity contribution in [2.24, 2.45) is 0 Å². The van der Waals surface area contributed by atoms with Gasteiger partial charge in [0.2, 0.25) is 5.91 Å². The third kappa shape index (κ3) is 4.54. The number of urea groups is 1. The van der Waals surface area contributed by atoms with Crippen molar-refractivity contribution in [3.63, 3.8) is 0 Å². The molecule has 0 spiro atoms. The number of aromatic nitrogens is 2. The Morgan fingerprint density at radius 3 is 2.60 bits per heavy atom. The normalized spacial score (nSPS) is 11.9. The predicted octanol–water partition coefficient (Wildman–Crippen LogP) is 3.33. The zero-order valence-electron chi connectivity index (χ0n) is 17.4. The van der Waals surface area contributed by atoms with E-state index in [4.69, 9.17) is 0 Å². The summed E-state index contributed by atoms with van der Waals surface area (Å²) in [6.07, 6.45) is 0. The number of thioether (sulfide) groups is 1. The molecule has 0 saturated carbocycles. The first-order valence-electron chi connectivity index (χ1n) is 9.66. The number of carbonyl (C=O) groups excluding carboxylic acids is 2. The van der Waals surface area contributed by atoms with E-state index in [1.807, 2.05) is 38.1 Å². The first-order valence-corrected chi connectivity index (χ1v) is 10.5. The summed E-state index contributed by atoms with van der Waals surface area (Å²) in [5.74, 6) is -0.458. The Bertz CT molecular complexity index is 1170. The van der Waals surface area contributed by atoms with Gasteiger partial charge in [0.1, 0.15) is 0 Å². The number of fused-ring (bicyclic) bond motifs is 1. The molecule has 0 aliphatic heterocycles. The minimum atomic E-state index is -0.641. The van der Waals surface area contributed by atoms with Gasteiger partial charge in [-0.1, -0.05) is 41.6 Å². The molecule has 0 saturated heterocycles. The lowest BCUT2D eigenvalue weighted by Gasteiger charge is -2.18. The van der Waals surface area contributed by atoms with Crippen molar-refractivity contribution >= 4 is 34.6 Å². The van der Waals surface area contributed by atoms with Crippen LogP contribution in [-0.2, 0) is 4.79 Å². The van der Waals surface area contributed by atoms with Gasteiger partial charge in [-0.05, 0) is 51.5 Å². The Balaban J connectivity index is 2.08. The Morgan fingerprint density at radius 1 is 1.17 bits per heavy atom. The number of para-hydroxylation sites is 1. The van der Waals surface area contributed by atoms with Gasteiger partial charge in [-0.25, -0.2) is 9.78 Å². The molecule has 3 rings (SSSR count). The number of amides is 3. The highest BCUT2D eigenvalue weighted by Crippen LogP contribution is 2.26. The zero-order chi connectivity index (χ0) is 21.8. The van der Waals surface area contributed by atoms with E-state index in [0.717, 1.165) is 22.9 Å². The average molecular weight is 425 g/mol. The summed E-state index contributed by atoms with van der Waals surface area (Å²) < 4.78 is 1.54. The average Bonchev–Trinajstić information content (AvgIpc) is 2.69. The fraction of sp³-hybridized carbons (Fsp3) is 0.273. The first-order chi connectivity index (χ1) is 14.3. The highest BCUT2D eigenvalue weighted by atomic mass is 32.2. The third-order valence-electron chi connectivity index (χ3n) is 4.56. The second-order valence-electron chi connectivity index (χ2n) is 6.95. The number of benzene rings is 2. The van der Waals surface area contributed by atoms with E-state index in [-0.39, 0.29) is 5.56 Å². The zero-order valence-corrected chi connectivity index (χ0v) is 18.2. The number of rotatable bonds is 5. The number of nitrogens with zero attached hydrogens (tertiary/aromatic N) is 2. The summed E-state index contributed by atoms with van der Waals surface area (Å²) in [7, 11) is 0. The van der Waals surface area contributed by atoms with Crippen LogP contribution in [0.25, 0.3) is 16.6 Å². The second kappa shape index (κ2) is 9.13. The lowest BCUT2D eigenvalue weighted by Crippen LogP contribution is -2.42. The molecule has 8 heteroatoms. The molecule has 2 aromatic carbocycles. The van der Waals surface area contributed by atoms with E-state index in [0.29, 0.717) is 28.3 Å². The van der Waals surface area contributed by atoms with Gasteiger partial charge in [-0.3, -0.25) is 19.5 Å². The Kier molecular flexibility index (Phi) is 6.56. The molecule has 3 aromatic rings. The molecule has 0 unspecified atom stereocenters. The summed E-state index contributed by atoms with van der Waals surface area (Å²) in [5, 5.41) is 5.09. The van der Waals surface area contributed by atoms with Crippen LogP contribution in [0.2, 0.25) is 0 Å². The molecule has 3 amide bonds. The molecule has 156 valence electrons. The molecule has 0 aliphatic carbocycles. The fourth-order valence-corrected chi connectivity index (χ4v) is 4.01. The van der Waals surface area contributed by atoms with E-state index in [9.17, 15) is 14.4 Å². The molecule has 1 aromatic heterocycles. The van der Waals surface area contributed by atoms with Crippen LogP contribution >= 0.6 is 11.8 Å². The van der Waals surface area contributed by atoms with Crippen LogP contribution in [0.15, 0.2) is 52.4 Å². The van der Waals surface area contributed by atoms with Crippen LogP contribution in [-0.4, -0.2) is 33.3 Å². The molecular weight excluding hydrogens is 400 g/mol. The van der Waals surface area contributed by atoms with Crippen molar-refractivity contribution < 1.29 is 9.59 Å². The summed E-state index contributed by atoms with van der Waals surface area (Å²) >= 11 is 1.13. The summed E-state index contributed by atoms with van der Waals surface area (Å²) in [4.78, 5) is 42.1. The van der Waals surface area contributed by atoms with E-state index in [1.165, 1.54) is 4.57 Å². The predicted molar refractivity (Wildman–Crippen MR) is 119 cm³/mol. The first kappa shape index (κ1) is 21.6. The fourth-order valence-electron chi connectivity index (χ4n) is 3.09. The molecule has 1 atom stereocenters. The maximum absolute atomic E-state index is 13.3. The van der Waals surface area contributed by atoms with Crippen molar-refractivity contribution in [1.29, 1.82) is 0 Å². The van der Waals surface area contributed by atoms with Crippen molar-refractivity contribution in [2.45, 2.75) is 38.1 Å². The molecular formula is C22H24N4O3S. The van der Waals surface area contributed by atoms with Crippen LogP contribution in [0.5, 0.6) is 0 Å². The van der Waals surface area contributed by atoms with Gasteiger partial charge in [0, 0.05) is 6.54 Å². The van der Waals surface area contributed by atoms with Gasteiger partial charge in [0.05, 0.1) is 21.8 Å². The Labute approximate surface area is 178 Å². The van der Waals surface area contributed by atoms with Crippen molar-refractivity contribution in [3.05, 3.63) is 63.9 Å². The number of hydrogen-bond acceptors (Lipinski definition) is 5. The Morgan fingerprint density at radius 2 is 1.90 bits per heavy atom. The topological polar surface area (TPSA) is 93.1 Å². The Hall–Kier alpha value is -3.13. The molecule has 0 bridgehead atoms. The number of hydrogen-bond donors (Lipinski definition) is 2. The van der Waals surface area contributed by atoms with Crippen molar-refractivity contribution in [1.82, 2.24) is 20.2 Å². The van der Waals surface area contributed by atoms with E-state index in [1.54, 1.807) is 32.0 Å². The third-order valence-corrected chi connectivity index (χ3v) is 5.62. The SMILES string of the molecule is CCNC(=O)NC(=O)[C@H](C)Sc1nc2ccccc2c(=O)n1-c1ccc(C)cc1C. The standard InChI is InChI=1S/C22H24N4O3S/c1-5-23-21(29)25-19(27)15(4)30-22-24-17-9-7-6-8-16(17)20(28)26(22)18-11-10-13(2)12-14(18)3/h6-12,15H,5H2,1-4H3,(H2,23,25,27,29)/t15-/m0/s1. The molecule has 0 aliphatic rings. The molecule has 30 heavy (non-hydrogen) atoms. The maximum atomic E-state index is 13.3. The van der Waals surface area contributed by atoms with Crippen molar-refractivity contribution in [3.8, 4) is 5.69 Å². The number of imide groups is 1. The van der Waals surface area contributed by atoms with Crippen LogP contribution in [0.1, 0.15) is 25.0 Å². The van der Waals surface area contributed by atoms with Gasteiger partial charge in [0.15, 0.2) is 5.16 Å². The number of aryl methyl sites for hydroxylation is 2. The summed E-state index contributed by atoms with van der Waals surface area (Å²) in [5.41, 5.74) is 3.08. The monoisotopic (exact) mass is 424 g/mol. The van der Waals surface area contributed by atoms with Crippen LogP contribution < -0.4 is 16.2 Å². The molecule has 0 radical (unpaired) electrons. The lowest BCUT2D eigenvalue weighted by molar-refractivity contribution is -0.119. The molecule has 2 N–H and O–H groups in total. The maximum Gasteiger partial charge on any atom is 0.321 e. The molecule has 0 fully saturated rings. The number of carbonyl (C=O) groups is 2. The van der Waals surface area contributed by atoms with Gasteiger partial charge in [-0.2, -0.15) is 0 Å². The lowest BCUT2D eigenvalue weighted by atomic mass is 10.1. The highest BCUT2D eigenvalue weighted by Gasteiger charge is 2.22. The van der Waals surface area contributed by atoms with Gasteiger partial charge < -0.3 is 5.32 Å². The van der Waals surface area contributed by atoms with Crippen LogP contribution in [0, 0.1) is 13.8 Å². The van der Waals surface area contributed by atoms with Gasteiger partial charge >= 0.3 is 6.03 Å². The largest absolute Gasteiger partial charge is 0.338 e. The minimum Gasteiger partial charge on any atom is -0.338 e. The minimum absolute atomic E-state index is 0.202. The number of nitrogens with one attached hydrogen (secondary N) is 2. The van der Waals surface area contributed by atoms with E-state index >= 15 is 0 Å². The molecule has 7 nitrogen and oxygen atoms in total. The highest BCUT2D eigenvalue weighted by molar-refractivity contribution is 8.00. The summed E-state index contributed by atoms with van der Waals surface area (Å²) in [6, 6.07) is 12.4. The van der Waals surface area contributed by atoms with E-state index < -0.39 is 17.2 Å². The summed E-state index contributed by atoms with van der Waals surface area (Å²) in [6.45, 7) is 7.78. The smallest absolute Gasteiger partial charge is 0.321 e. The van der Waals surface area contributed by atoms with Crippen molar-refractivity contribution in [2.75, 3.05) is 6.54 Å². The van der Waals surface area contributed by atoms with Gasteiger partial charge in [0.25, 0.3) is 5.56 Å².